The van der Waals surface area contributed by atoms with Crippen molar-refractivity contribution in [3.63, 3.8) is 0 Å². The molecule has 0 spiro atoms. The van der Waals surface area contributed by atoms with Crippen LogP contribution in [0.25, 0.3) is 0 Å². The Morgan fingerprint density at radius 1 is 0.957 bits per heavy atom. The van der Waals surface area contributed by atoms with E-state index in [0.717, 1.165) is 17.5 Å². The maximum Gasteiger partial charge on any atom is 0.251 e. The van der Waals surface area contributed by atoms with E-state index in [9.17, 15) is 4.79 Å². The molecule has 0 aliphatic rings. The summed E-state index contributed by atoms with van der Waals surface area (Å²) in [6, 6.07) is 11.5. The lowest BCUT2D eigenvalue weighted by Crippen LogP contribution is -2.25. The Hall–Kier alpha value is -2.49. The van der Waals surface area contributed by atoms with Crippen LogP contribution < -0.4 is 14.8 Å². The van der Waals surface area contributed by atoms with Crippen molar-refractivity contribution < 1.29 is 14.3 Å². The van der Waals surface area contributed by atoms with E-state index in [1.165, 1.54) is 5.56 Å². The number of methoxy groups -OCH3 is 2. The normalized spacial score (nSPS) is 10.3. The zero-order valence-corrected chi connectivity index (χ0v) is 14.1. The third-order valence-electron chi connectivity index (χ3n) is 3.92. The number of nitrogens with one attached hydrogen (secondary N) is 1. The summed E-state index contributed by atoms with van der Waals surface area (Å²) in [6.45, 7) is 4.62. The molecular weight excluding hydrogens is 290 g/mol. The van der Waals surface area contributed by atoms with Gasteiger partial charge in [0, 0.05) is 12.1 Å². The third kappa shape index (κ3) is 4.25. The van der Waals surface area contributed by atoms with Crippen LogP contribution in [0, 0.1) is 13.8 Å². The lowest BCUT2D eigenvalue weighted by molar-refractivity contribution is 0.0954. The van der Waals surface area contributed by atoms with Gasteiger partial charge >= 0.3 is 0 Å². The first-order valence-electron chi connectivity index (χ1n) is 7.61. The Morgan fingerprint density at radius 3 is 2.35 bits per heavy atom. The van der Waals surface area contributed by atoms with E-state index in [1.54, 1.807) is 14.2 Å². The Morgan fingerprint density at radius 2 is 1.70 bits per heavy atom. The molecule has 0 aromatic heterocycles. The van der Waals surface area contributed by atoms with Crippen LogP contribution in [0.3, 0.4) is 0 Å². The largest absolute Gasteiger partial charge is 0.493 e. The molecule has 0 radical (unpaired) electrons. The van der Waals surface area contributed by atoms with Crippen molar-refractivity contribution in [2.24, 2.45) is 0 Å². The molecule has 2 aromatic rings. The number of carbonyl (C=O) groups excluding carboxylic acids is 1. The molecule has 2 rings (SSSR count). The SMILES string of the molecule is COc1ccc(CCNC(=O)c2ccc(C)c(C)c2)cc1OC. The van der Waals surface area contributed by atoms with Gasteiger partial charge in [0.15, 0.2) is 11.5 Å². The summed E-state index contributed by atoms with van der Waals surface area (Å²) in [7, 11) is 3.23. The quantitative estimate of drug-likeness (QED) is 0.890. The maximum atomic E-state index is 12.2. The minimum atomic E-state index is -0.0476. The minimum absolute atomic E-state index is 0.0476. The Labute approximate surface area is 137 Å². The van der Waals surface area contributed by atoms with Gasteiger partial charge in [0.05, 0.1) is 14.2 Å². The van der Waals surface area contributed by atoms with Crippen molar-refractivity contribution in [1.82, 2.24) is 5.32 Å². The number of benzene rings is 2. The first-order chi connectivity index (χ1) is 11.0. The molecule has 4 nitrogen and oxygen atoms in total. The van der Waals surface area contributed by atoms with Crippen molar-refractivity contribution in [3.05, 3.63) is 58.7 Å². The standard InChI is InChI=1S/C19H23NO3/c1-13-5-7-16(11-14(13)2)19(21)20-10-9-15-6-8-17(22-3)18(12-15)23-4/h5-8,11-12H,9-10H2,1-4H3,(H,20,21). The topological polar surface area (TPSA) is 47.6 Å². The second-order valence-electron chi connectivity index (χ2n) is 5.49. The van der Waals surface area contributed by atoms with Crippen LogP contribution >= 0.6 is 0 Å². The van der Waals surface area contributed by atoms with E-state index >= 15 is 0 Å². The van der Waals surface area contributed by atoms with E-state index < -0.39 is 0 Å². The Balaban J connectivity index is 1.94. The molecule has 0 aliphatic carbocycles. The summed E-state index contributed by atoms with van der Waals surface area (Å²) in [5.41, 5.74) is 4.09. The Bertz CT molecular complexity index is 695. The zero-order chi connectivity index (χ0) is 16.8. The third-order valence-corrected chi connectivity index (χ3v) is 3.92. The van der Waals surface area contributed by atoms with E-state index in [4.69, 9.17) is 9.47 Å². The average molecular weight is 313 g/mol. The number of hydrogen-bond acceptors (Lipinski definition) is 3. The molecule has 23 heavy (non-hydrogen) atoms. The predicted octanol–water partition coefficient (Wildman–Crippen LogP) is 3.29. The second-order valence-corrected chi connectivity index (χ2v) is 5.49. The first-order valence-corrected chi connectivity index (χ1v) is 7.61. The van der Waals surface area contributed by atoms with Gasteiger partial charge in [-0.1, -0.05) is 12.1 Å². The summed E-state index contributed by atoms with van der Waals surface area (Å²) >= 11 is 0. The molecular formula is C19H23NO3. The molecule has 0 saturated heterocycles. The molecule has 1 amide bonds. The predicted molar refractivity (Wildman–Crippen MR) is 91.5 cm³/mol. The minimum Gasteiger partial charge on any atom is -0.493 e. The summed E-state index contributed by atoms with van der Waals surface area (Å²) in [5, 5.41) is 2.95. The van der Waals surface area contributed by atoms with Crippen LogP contribution in [-0.2, 0) is 6.42 Å². The van der Waals surface area contributed by atoms with Gasteiger partial charge < -0.3 is 14.8 Å². The van der Waals surface area contributed by atoms with Crippen LogP contribution in [0.1, 0.15) is 27.0 Å². The van der Waals surface area contributed by atoms with Gasteiger partial charge in [0.25, 0.3) is 5.91 Å². The average Bonchev–Trinajstić information content (AvgIpc) is 2.57. The summed E-state index contributed by atoms with van der Waals surface area (Å²) in [5.74, 6) is 1.36. The molecule has 2 aromatic carbocycles. The molecule has 0 unspecified atom stereocenters. The molecule has 0 atom stereocenters. The van der Waals surface area contributed by atoms with Gasteiger partial charge in [-0.25, -0.2) is 0 Å². The van der Waals surface area contributed by atoms with E-state index in [0.29, 0.717) is 23.6 Å². The van der Waals surface area contributed by atoms with Crippen molar-refractivity contribution in [2.45, 2.75) is 20.3 Å². The summed E-state index contributed by atoms with van der Waals surface area (Å²) in [6.07, 6.45) is 0.733. The number of carbonyl (C=O) groups is 1. The second kappa shape index (κ2) is 7.68. The molecule has 1 N–H and O–H groups in total. The van der Waals surface area contributed by atoms with Gasteiger partial charge in [-0.3, -0.25) is 4.79 Å². The lowest BCUT2D eigenvalue weighted by Gasteiger charge is -2.10. The molecule has 0 heterocycles. The van der Waals surface area contributed by atoms with Gasteiger partial charge in [-0.2, -0.15) is 0 Å². The highest BCUT2D eigenvalue weighted by atomic mass is 16.5. The number of ether oxygens (including phenoxy) is 2. The van der Waals surface area contributed by atoms with Crippen LogP contribution in [-0.4, -0.2) is 26.7 Å². The van der Waals surface area contributed by atoms with E-state index in [-0.39, 0.29) is 5.91 Å². The van der Waals surface area contributed by atoms with Crippen molar-refractivity contribution in [3.8, 4) is 11.5 Å². The first kappa shape index (κ1) is 16.9. The highest BCUT2D eigenvalue weighted by Crippen LogP contribution is 2.27. The monoisotopic (exact) mass is 313 g/mol. The van der Waals surface area contributed by atoms with Crippen molar-refractivity contribution in [2.75, 3.05) is 20.8 Å². The molecule has 0 bridgehead atoms. The van der Waals surface area contributed by atoms with Gasteiger partial charge in [0.2, 0.25) is 0 Å². The van der Waals surface area contributed by atoms with E-state index in [2.05, 4.69) is 5.32 Å². The van der Waals surface area contributed by atoms with Crippen molar-refractivity contribution >= 4 is 5.91 Å². The summed E-state index contributed by atoms with van der Waals surface area (Å²) in [4.78, 5) is 12.2. The number of hydrogen-bond donors (Lipinski definition) is 1. The molecule has 0 fully saturated rings. The number of aryl methyl sites for hydroxylation is 2. The fourth-order valence-electron chi connectivity index (χ4n) is 2.34. The smallest absolute Gasteiger partial charge is 0.251 e. The van der Waals surface area contributed by atoms with Gasteiger partial charge in [0.1, 0.15) is 0 Å². The fourth-order valence-corrected chi connectivity index (χ4v) is 2.34. The van der Waals surface area contributed by atoms with E-state index in [1.807, 2.05) is 50.2 Å². The molecule has 122 valence electrons. The fraction of sp³-hybridized carbons (Fsp3) is 0.316. The maximum absolute atomic E-state index is 12.2. The van der Waals surface area contributed by atoms with Gasteiger partial charge in [-0.05, 0) is 61.2 Å². The highest BCUT2D eigenvalue weighted by molar-refractivity contribution is 5.94. The number of rotatable bonds is 6. The van der Waals surface area contributed by atoms with Crippen LogP contribution in [0.5, 0.6) is 11.5 Å². The molecule has 4 heteroatoms. The number of amides is 1. The Kier molecular flexibility index (Phi) is 5.63. The van der Waals surface area contributed by atoms with Gasteiger partial charge in [-0.15, -0.1) is 0 Å². The van der Waals surface area contributed by atoms with Crippen LogP contribution in [0.15, 0.2) is 36.4 Å². The highest BCUT2D eigenvalue weighted by Gasteiger charge is 2.07. The van der Waals surface area contributed by atoms with Crippen LogP contribution in [0.4, 0.5) is 0 Å². The molecule has 0 saturated carbocycles. The van der Waals surface area contributed by atoms with Crippen molar-refractivity contribution in [1.29, 1.82) is 0 Å². The zero-order valence-electron chi connectivity index (χ0n) is 14.1. The molecule has 0 aliphatic heterocycles. The summed E-state index contributed by atoms with van der Waals surface area (Å²) < 4.78 is 10.5. The van der Waals surface area contributed by atoms with Crippen LogP contribution in [0.2, 0.25) is 0 Å². The lowest BCUT2D eigenvalue weighted by atomic mass is 10.1.